The van der Waals surface area contributed by atoms with E-state index in [4.69, 9.17) is 16.1 Å². The van der Waals surface area contributed by atoms with E-state index >= 15 is 0 Å². The fraction of sp³-hybridized carbons (Fsp3) is 0.167. The van der Waals surface area contributed by atoms with Crippen molar-refractivity contribution in [2.24, 2.45) is 0 Å². The molecule has 1 aromatic heterocycles. The van der Waals surface area contributed by atoms with Crippen LogP contribution in [0.5, 0.6) is 0 Å². The van der Waals surface area contributed by atoms with E-state index in [1.165, 1.54) is 0 Å². The molecular formula is C12H11ClN2O2. The predicted molar refractivity (Wildman–Crippen MR) is 63.9 cm³/mol. The van der Waals surface area contributed by atoms with Gasteiger partial charge in [0.2, 0.25) is 5.76 Å². The number of aryl methyl sites for hydroxylation is 1. The van der Waals surface area contributed by atoms with Gasteiger partial charge in [-0.25, -0.2) is 0 Å². The van der Waals surface area contributed by atoms with Crippen molar-refractivity contribution in [3.05, 3.63) is 52.4 Å². The van der Waals surface area contributed by atoms with Crippen LogP contribution in [0.1, 0.15) is 21.8 Å². The molecule has 17 heavy (non-hydrogen) atoms. The average molecular weight is 251 g/mol. The lowest BCUT2D eigenvalue weighted by molar-refractivity contribution is 0.0914. The zero-order chi connectivity index (χ0) is 12.3. The summed E-state index contributed by atoms with van der Waals surface area (Å²) in [5.41, 5.74) is 1.61. The van der Waals surface area contributed by atoms with Crippen LogP contribution in [0.15, 0.2) is 34.9 Å². The predicted octanol–water partition coefficient (Wildman–Crippen LogP) is 2.57. The van der Waals surface area contributed by atoms with Crippen molar-refractivity contribution >= 4 is 17.5 Å². The van der Waals surface area contributed by atoms with E-state index in [-0.39, 0.29) is 11.7 Å². The second kappa shape index (κ2) is 5.01. The highest BCUT2D eigenvalue weighted by molar-refractivity contribution is 6.30. The summed E-state index contributed by atoms with van der Waals surface area (Å²) < 4.78 is 4.85. The number of hydrogen-bond acceptors (Lipinski definition) is 3. The zero-order valence-corrected chi connectivity index (χ0v) is 9.99. The van der Waals surface area contributed by atoms with Crippen LogP contribution in [0.25, 0.3) is 0 Å². The molecule has 1 amide bonds. The van der Waals surface area contributed by atoms with Gasteiger partial charge in [-0.05, 0) is 24.6 Å². The minimum atomic E-state index is -0.287. The maximum atomic E-state index is 11.6. The molecule has 1 aromatic carbocycles. The number of nitrogens with one attached hydrogen (secondary N) is 1. The fourth-order valence-corrected chi connectivity index (χ4v) is 1.60. The van der Waals surface area contributed by atoms with Crippen LogP contribution >= 0.6 is 11.6 Å². The topological polar surface area (TPSA) is 55.1 Å². The van der Waals surface area contributed by atoms with E-state index in [1.54, 1.807) is 25.1 Å². The van der Waals surface area contributed by atoms with Gasteiger partial charge in [-0.1, -0.05) is 28.9 Å². The molecule has 1 heterocycles. The molecule has 0 spiro atoms. The van der Waals surface area contributed by atoms with Crippen molar-refractivity contribution in [1.82, 2.24) is 10.5 Å². The quantitative estimate of drug-likeness (QED) is 0.911. The first-order valence-corrected chi connectivity index (χ1v) is 5.49. The Hall–Kier alpha value is -1.81. The number of nitrogens with zero attached hydrogens (tertiary/aromatic N) is 1. The van der Waals surface area contributed by atoms with E-state index in [0.29, 0.717) is 17.3 Å². The van der Waals surface area contributed by atoms with Crippen LogP contribution in [-0.2, 0) is 6.54 Å². The summed E-state index contributed by atoms with van der Waals surface area (Å²) in [5, 5.41) is 7.02. The van der Waals surface area contributed by atoms with Gasteiger partial charge >= 0.3 is 0 Å². The lowest BCUT2D eigenvalue weighted by Crippen LogP contribution is -2.22. The number of hydrogen-bond donors (Lipinski definition) is 1. The monoisotopic (exact) mass is 250 g/mol. The summed E-state index contributed by atoms with van der Waals surface area (Å²) in [5.74, 6) is -0.0740. The number of benzene rings is 1. The van der Waals surface area contributed by atoms with Gasteiger partial charge in [0, 0.05) is 17.6 Å². The van der Waals surface area contributed by atoms with Crippen molar-refractivity contribution in [2.75, 3.05) is 0 Å². The highest BCUT2D eigenvalue weighted by Gasteiger charge is 2.10. The highest BCUT2D eigenvalue weighted by atomic mass is 35.5. The van der Waals surface area contributed by atoms with E-state index in [0.717, 1.165) is 5.56 Å². The van der Waals surface area contributed by atoms with Crippen molar-refractivity contribution in [3.8, 4) is 0 Å². The Kier molecular flexibility index (Phi) is 3.44. The lowest BCUT2D eigenvalue weighted by atomic mass is 10.2. The summed E-state index contributed by atoms with van der Waals surface area (Å²) >= 11 is 5.84. The molecular weight excluding hydrogens is 240 g/mol. The second-order valence-corrected chi connectivity index (χ2v) is 4.08. The Morgan fingerprint density at radius 2 is 2.29 bits per heavy atom. The fourth-order valence-electron chi connectivity index (χ4n) is 1.39. The molecule has 0 fully saturated rings. The molecule has 0 aliphatic rings. The lowest BCUT2D eigenvalue weighted by Gasteiger charge is -2.03. The Morgan fingerprint density at radius 1 is 1.47 bits per heavy atom. The third-order valence-corrected chi connectivity index (χ3v) is 2.43. The molecule has 0 atom stereocenters. The summed E-state index contributed by atoms with van der Waals surface area (Å²) in [7, 11) is 0. The summed E-state index contributed by atoms with van der Waals surface area (Å²) in [4.78, 5) is 11.6. The van der Waals surface area contributed by atoms with Crippen LogP contribution < -0.4 is 5.32 Å². The zero-order valence-electron chi connectivity index (χ0n) is 9.24. The first kappa shape index (κ1) is 11.7. The van der Waals surface area contributed by atoms with Gasteiger partial charge in [0.25, 0.3) is 5.91 Å². The smallest absolute Gasteiger partial charge is 0.290 e. The Morgan fingerprint density at radius 3 is 2.94 bits per heavy atom. The van der Waals surface area contributed by atoms with E-state index < -0.39 is 0 Å². The van der Waals surface area contributed by atoms with Gasteiger partial charge in [0.1, 0.15) is 0 Å². The molecule has 4 nitrogen and oxygen atoms in total. The van der Waals surface area contributed by atoms with Gasteiger partial charge in [0.05, 0.1) is 5.69 Å². The first-order chi connectivity index (χ1) is 8.15. The first-order valence-electron chi connectivity index (χ1n) is 5.11. The Bertz CT molecular complexity index is 537. The molecule has 0 saturated heterocycles. The number of rotatable bonds is 3. The second-order valence-electron chi connectivity index (χ2n) is 3.65. The van der Waals surface area contributed by atoms with Crippen LogP contribution in [0.4, 0.5) is 0 Å². The average Bonchev–Trinajstić information content (AvgIpc) is 2.73. The minimum Gasteiger partial charge on any atom is -0.351 e. The summed E-state index contributed by atoms with van der Waals surface area (Å²) in [6, 6.07) is 8.90. The van der Waals surface area contributed by atoms with Crippen LogP contribution in [-0.4, -0.2) is 11.1 Å². The van der Waals surface area contributed by atoms with Gasteiger partial charge in [-0.3, -0.25) is 4.79 Å². The van der Waals surface area contributed by atoms with E-state index in [2.05, 4.69) is 10.5 Å². The Labute approximate surface area is 104 Å². The standard InChI is InChI=1S/C12H11ClN2O2/c1-8-5-11(17-15-8)12(16)14-7-9-3-2-4-10(13)6-9/h2-6H,7H2,1H3,(H,14,16). The summed E-state index contributed by atoms with van der Waals surface area (Å²) in [6.45, 7) is 2.16. The molecule has 0 unspecified atom stereocenters. The third-order valence-electron chi connectivity index (χ3n) is 2.19. The van der Waals surface area contributed by atoms with E-state index in [1.807, 2.05) is 12.1 Å². The van der Waals surface area contributed by atoms with Gasteiger partial charge in [0.15, 0.2) is 0 Å². The molecule has 0 bridgehead atoms. The number of aromatic nitrogens is 1. The molecule has 0 radical (unpaired) electrons. The molecule has 5 heteroatoms. The number of carbonyl (C=O) groups excluding carboxylic acids is 1. The number of halogens is 1. The highest BCUT2D eigenvalue weighted by Crippen LogP contribution is 2.10. The van der Waals surface area contributed by atoms with Crippen molar-refractivity contribution in [2.45, 2.75) is 13.5 Å². The van der Waals surface area contributed by atoms with Crippen molar-refractivity contribution in [1.29, 1.82) is 0 Å². The van der Waals surface area contributed by atoms with Crippen molar-refractivity contribution in [3.63, 3.8) is 0 Å². The molecule has 0 aliphatic heterocycles. The molecule has 1 N–H and O–H groups in total. The normalized spacial score (nSPS) is 10.2. The Balaban J connectivity index is 1.97. The SMILES string of the molecule is Cc1cc(C(=O)NCc2cccc(Cl)c2)on1. The van der Waals surface area contributed by atoms with Gasteiger partial charge < -0.3 is 9.84 Å². The molecule has 2 aromatic rings. The van der Waals surface area contributed by atoms with Crippen LogP contribution in [0.2, 0.25) is 5.02 Å². The van der Waals surface area contributed by atoms with E-state index in [9.17, 15) is 4.79 Å². The third kappa shape index (κ3) is 3.07. The minimum absolute atomic E-state index is 0.213. The molecule has 0 saturated carbocycles. The maximum Gasteiger partial charge on any atom is 0.290 e. The molecule has 2 rings (SSSR count). The van der Waals surface area contributed by atoms with Crippen LogP contribution in [0, 0.1) is 6.92 Å². The number of amides is 1. The van der Waals surface area contributed by atoms with Crippen molar-refractivity contribution < 1.29 is 9.32 Å². The van der Waals surface area contributed by atoms with Gasteiger partial charge in [-0.2, -0.15) is 0 Å². The molecule has 0 aliphatic carbocycles. The van der Waals surface area contributed by atoms with Crippen LogP contribution in [0.3, 0.4) is 0 Å². The largest absolute Gasteiger partial charge is 0.351 e. The maximum absolute atomic E-state index is 11.6. The molecule has 88 valence electrons. The van der Waals surface area contributed by atoms with Gasteiger partial charge in [-0.15, -0.1) is 0 Å². The number of carbonyl (C=O) groups is 1. The summed E-state index contributed by atoms with van der Waals surface area (Å²) in [6.07, 6.45) is 0.